The minimum atomic E-state index is 0.722. The monoisotopic (exact) mass is 258 g/mol. The molecular weight excluding hydrogens is 232 g/mol. The summed E-state index contributed by atoms with van der Waals surface area (Å²) in [6, 6.07) is 12.4. The Balaban J connectivity index is 1.58. The molecule has 0 aromatic heterocycles. The summed E-state index contributed by atoms with van der Waals surface area (Å²) < 4.78 is 0. The molecule has 2 fully saturated rings. The minimum absolute atomic E-state index is 0.722. The molecule has 1 heterocycles. The van der Waals surface area contributed by atoms with Gasteiger partial charge in [-0.05, 0) is 30.2 Å². The van der Waals surface area contributed by atoms with E-state index in [1.54, 1.807) is 0 Å². The summed E-state index contributed by atoms with van der Waals surface area (Å²) in [6.07, 6.45) is 2.79. The van der Waals surface area contributed by atoms with Gasteiger partial charge in [0.2, 0.25) is 0 Å². The Morgan fingerprint density at radius 1 is 1.05 bits per heavy atom. The summed E-state index contributed by atoms with van der Waals surface area (Å²) >= 11 is 0. The average Bonchev–Trinajstić information content (AvgIpc) is 3.19. The number of hydrogen-bond acceptors (Lipinski definition) is 2. The van der Waals surface area contributed by atoms with E-state index in [0.717, 1.165) is 30.5 Å². The second-order valence-electron chi connectivity index (χ2n) is 6.60. The van der Waals surface area contributed by atoms with E-state index in [0.29, 0.717) is 0 Å². The maximum Gasteiger partial charge on any atom is 0.0233 e. The van der Waals surface area contributed by atoms with Gasteiger partial charge in [-0.3, -0.25) is 4.90 Å². The Hall–Kier alpha value is -0.860. The molecule has 1 aliphatic heterocycles. The van der Waals surface area contributed by atoms with E-state index in [1.165, 1.54) is 31.5 Å². The first-order valence-electron chi connectivity index (χ1n) is 7.74. The summed E-state index contributed by atoms with van der Waals surface area (Å²) in [5.74, 6) is 1.51. The number of nitrogens with one attached hydrogen (secondary N) is 1. The van der Waals surface area contributed by atoms with Gasteiger partial charge in [0, 0.05) is 31.7 Å². The van der Waals surface area contributed by atoms with E-state index in [2.05, 4.69) is 54.4 Å². The van der Waals surface area contributed by atoms with Gasteiger partial charge in [0.15, 0.2) is 0 Å². The van der Waals surface area contributed by atoms with Gasteiger partial charge in [0.05, 0.1) is 0 Å². The molecule has 2 atom stereocenters. The van der Waals surface area contributed by atoms with Gasteiger partial charge in [0.25, 0.3) is 0 Å². The first kappa shape index (κ1) is 13.1. The first-order valence-corrected chi connectivity index (χ1v) is 7.74. The fraction of sp³-hybridized carbons (Fsp3) is 0.647. The molecule has 1 N–H and O–H groups in total. The van der Waals surface area contributed by atoms with Crippen LogP contribution in [-0.2, 0) is 6.54 Å². The number of piperidine rings is 1. The molecule has 2 nitrogen and oxygen atoms in total. The third kappa shape index (κ3) is 3.37. The average molecular weight is 258 g/mol. The fourth-order valence-electron chi connectivity index (χ4n) is 3.50. The summed E-state index contributed by atoms with van der Waals surface area (Å²) in [5, 5.41) is 3.85. The number of hydrogen-bond donors (Lipinski definition) is 1. The van der Waals surface area contributed by atoms with Crippen LogP contribution in [0.25, 0.3) is 0 Å². The van der Waals surface area contributed by atoms with Gasteiger partial charge in [-0.25, -0.2) is 0 Å². The predicted molar refractivity (Wildman–Crippen MR) is 80.0 cm³/mol. The van der Waals surface area contributed by atoms with E-state index < -0.39 is 0 Å². The molecular formula is C17H26N2. The topological polar surface area (TPSA) is 15.3 Å². The molecule has 0 spiro atoms. The molecule has 1 aromatic rings. The lowest BCUT2D eigenvalue weighted by atomic mass is 9.85. The highest BCUT2D eigenvalue weighted by Gasteiger charge is 2.35. The third-order valence-corrected chi connectivity index (χ3v) is 4.57. The molecule has 0 unspecified atom stereocenters. The van der Waals surface area contributed by atoms with Crippen molar-refractivity contribution in [3.8, 4) is 0 Å². The van der Waals surface area contributed by atoms with Crippen molar-refractivity contribution in [3.63, 3.8) is 0 Å². The van der Waals surface area contributed by atoms with Crippen LogP contribution >= 0.6 is 0 Å². The maximum atomic E-state index is 3.85. The zero-order valence-electron chi connectivity index (χ0n) is 12.2. The Bertz CT molecular complexity index is 387. The zero-order valence-corrected chi connectivity index (χ0v) is 12.2. The van der Waals surface area contributed by atoms with Crippen LogP contribution in [0.4, 0.5) is 0 Å². The third-order valence-electron chi connectivity index (χ3n) is 4.57. The molecule has 1 saturated carbocycles. The van der Waals surface area contributed by atoms with E-state index in [4.69, 9.17) is 0 Å². The summed E-state index contributed by atoms with van der Waals surface area (Å²) in [5.41, 5.74) is 1.44. The first-order chi connectivity index (χ1) is 9.22. The highest BCUT2D eigenvalue weighted by atomic mass is 15.2. The summed E-state index contributed by atoms with van der Waals surface area (Å²) in [6.45, 7) is 8.38. The Morgan fingerprint density at radius 2 is 1.68 bits per heavy atom. The lowest BCUT2D eigenvalue weighted by molar-refractivity contribution is 0.0939. The standard InChI is InChI=1S/C17H26N2/c1-13-10-19(12-15-6-4-3-5-7-15)11-14(2)17(13)18-16-8-9-16/h3-7,13-14,16-18H,8-12H2,1-2H3/t13-,14-/m1/s1. The van der Waals surface area contributed by atoms with Gasteiger partial charge in [0.1, 0.15) is 0 Å². The Morgan fingerprint density at radius 3 is 2.26 bits per heavy atom. The van der Waals surface area contributed by atoms with Crippen LogP contribution in [-0.4, -0.2) is 30.1 Å². The Labute approximate surface area is 117 Å². The van der Waals surface area contributed by atoms with E-state index in [-0.39, 0.29) is 0 Å². The fourth-order valence-corrected chi connectivity index (χ4v) is 3.50. The van der Waals surface area contributed by atoms with Gasteiger partial charge in [-0.2, -0.15) is 0 Å². The van der Waals surface area contributed by atoms with Gasteiger partial charge >= 0.3 is 0 Å². The summed E-state index contributed by atoms with van der Waals surface area (Å²) in [4.78, 5) is 2.62. The molecule has 1 aromatic carbocycles. The molecule has 2 aliphatic rings. The Kier molecular flexibility index (Phi) is 3.90. The van der Waals surface area contributed by atoms with Crippen LogP contribution in [0.5, 0.6) is 0 Å². The second-order valence-corrected chi connectivity index (χ2v) is 6.60. The van der Waals surface area contributed by atoms with Crippen LogP contribution in [0.2, 0.25) is 0 Å². The van der Waals surface area contributed by atoms with E-state index in [9.17, 15) is 0 Å². The van der Waals surface area contributed by atoms with Crippen molar-refractivity contribution in [1.82, 2.24) is 10.2 Å². The number of nitrogens with zero attached hydrogens (tertiary/aromatic N) is 1. The second kappa shape index (κ2) is 5.64. The molecule has 19 heavy (non-hydrogen) atoms. The maximum absolute atomic E-state index is 3.85. The van der Waals surface area contributed by atoms with Crippen LogP contribution in [0.3, 0.4) is 0 Å². The largest absolute Gasteiger partial charge is 0.311 e. The van der Waals surface area contributed by atoms with Crippen molar-refractivity contribution in [3.05, 3.63) is 35.9 Å². The molecule has 1 aliphatic carbocycles. The van der Waals surface area contributed by atoms with Crippen LogP contribution < -0.4 is 5.32 Å². The molecule has 3 rings (SSSR count). The molecule has 1 saturated heterocycles. The van der Waals surface area contributed by atoms with Crippen molar-refractivity contribution < 1.29 is 0 Å². The van der Waals surface area contributed by atoms with E-state index >= 15 is 0 Å². The molecule has 104 valence electrons. The molecule has 0 amide bonds. The van der Waals surface area contributed by atoms with Crippen molar-refractivity contribution in [1.29, 1.82) is 0 Å². The van der Waals surface area contributed by atoms with Gasteiger partial charge < -0.3 is 5.32 Å². The highest BCUT2D eigenvalue weighted by Crippen LogP contribution is 2.28. The van der Waals surface area contributed by atoms with E-state index in [1.807, 2.05) is 0 Å². The normalized spacial score (nSPS) is 29.6. The highest BCUT2D eigenvalue weighted by molar-refractivity contribution is 5.14. The minimum Gasteiger partial charge on any atom is -0.311 e. The smallest absolute Gasteiger partial charge is 0.0233 e. The number of benzene rings is 1. The molecule has 2 heteroatoms. The summed E-state index contributed by atoms with van der Waals surface area (Å²) in [7, 11) is 0. The predicted octanol–water partition coefficient (Wildman–Crippen LogP) is 2.90. The van der Waals surface area contributed by atoms with Gasteiger partial charge in [-0.15, -0.1) is 0 Å². The van der Waals surface area contributed by atoms with Crippen LogP contribution in [0.15, 0.2) is 30.3 Å². The number of rotatable bonds is 4. The van der Waals surface area contributed by atoms with Gasteiger partial charge in [-0.1, -0.05) is 44.2 Å². The van der Waals surface area contributed by atoms with Crippen LogP contribution in [0, 0.1) is 11.8 Å². The lowest BCUT2D eigenvalue weighted by Crippen LogP contribution is -2.53. The van der Waals surface area contributed by atoms with Crippen molar-refractivity contribution in [2.75, 3.05) is 13.1 Å². The molecule has 0 bridgehead atoms. The molecule has 0 radical (unpaired) electrons. The van der Waals surface area contributed by atoms with Crippen molar-refractivity contribution in [2.24, 2.45) is 11.8 Å². The SMILES string of the molecule is C[C@@H]1CN(Cc2ccccc2)C[C@@H](C)C1NC1CC1. The lowest BCUT2D eigenvalue weighted by Gasteiger charge is -2.42. The van der Waals surface area contributed by atoms with Crippen molar-refractivity contribution in [2.45, 2.75) is 45.3 Å². The van der Waals surface area contributed by atoms with Crippen LogP contribution in [0.1, 0.15) is 32.3 Å². The zero-order chi connectivity index (χ0) is 13.2. The van der Waals surface area contributed by atoms with Crippen molar-refractivity contribution >= 4 is 0 Å². The quantitative estimate of drug-likeness (QED) is 0.893. The number of likely N-dealkylation sites (tertiary alicyclic amines) is 1.